The van der Waals surface area contributed by atoms with E-state index in [1.807, 2.05) is 6.07 Å². The molecule has 10 heteroatoms. The van der Waals surface area contributed by atoms with Crippen LogP contribution in [0, 0.1) is 5.92 Å². The number of piperazine rings is 1. The Labute approximate surface area is 194 Å². The van der Waals surface area contributed by atoms with Crippen molar-refractivity contribution < 1.29 is 12.9 Å². The van der Waals surface area contributed by atoms with E-state index in [9.17, 15) is 8.42 Å². The van der Waals surface area contributed by atoms with E-state index in [0.717, 1.165) is 12.5 Å². The van der Waals surface area contributed by atoms with Crippen molar-refractivity contribution in [1.29, 1.82) is 0 Å². The SMILES string of the molecule is CN=C(NCC1CC1c1ccccc1)N1CCN(S(=O)(=O)Cc2ccon2)CC1.I. The number of benzene rings is 1. The average Bonchev–Trinajstić information content (AvgIpc) is 3.35. The van der Waals surface area contributed by atoms with E-state index in [4.69, 9.17) is 4.52 Å². The highest BCUT2D eigenvalue weighted by Gasteiger charge is 2.38. The van der Waals surface area contributed by atoms with Gasteiger partial charge in [0.05, 0.1) is 5.69 Å². The van der Waals surface area contributed by atoms with Crippen molar-refractivity contribution in [3.05, 3.63) is 53.9 Å². The summed E-state index contributed by atoms with van der Waals surface area (Å²) in [5.74, 6) is 1.97. The van der Waals surface area contributed by atoms with E-state index >= 15 is 0 Å². The van der Waals surface area contributed by atoms with Crippen molar-refractivity contribution >= 4 is 40.0 Å². The zero-order valence-electron chi connectivity index (χ0n) is 17.0. The summed E-state index contributed by atoms with van der Waals surface area (Å²) in [5, 5.41) is 7.18. The number of nitrogens with one attached hydrogen (secondary N) is 1. The van der Waals surface area contributed by atoms with Crippen LogP contribution in [0.5, 0.6) is 0 Å². The van der Waals surface area contributed by atoms with Crippen LogP contribution in [-0.2, 0) is 15.8 Å². The summed E-state index contributed by atoms with van der Waals surface area (Å²) >= 11 is 0. The highest BCUT2D eigenvalue weighted by atomic mass is 127. The molecule has 4 rings (SSSR count). The number of aliphatic imine (C=N–C) groups is 1. The van der Waals surface area contributed by atoms with E-state index < -0.39 is 10.0 Å². The normalized spacial score (nSPS) is 22.4. The van der Waals surface area contributed by atoms with E-state index in [1.54, 1.807) is 13.1 Å². The average molecular weight is 545 g/mol. The predicted molar refractivity (Wildman–Crippen MR) is 126 cm³/mol. The maximum absolute atomic E-state index is 12.6. The third-order valence-electron chi connectivity index (χ3n) is 5.64. The number of halogens is 1. The number of nitrogens with zero attached hydrogens (tertiary/aromatic N) is 4. The Kier molecular flexibility index (Phi) is 7.75. The number of hydrogen-bond acceptors (Lipinski definition) is 5. The van der Waals surface area contributed by atoms with Crippen molar-refractivity contribution in [2.45, 2.75) is 18.1 Å². The summed E-state index contributed by atoms with van der Waals surface area (Å²) < 4.78 is 31.4. The minimum absolute atomic E-state index is 0. The van der Waals surface area contributed by atoms with Gasteiger partial charge in [-0.2, -0.15) is 4.31 Å². The Morgan fingerprint density at radius 2 is 1.93 bits per heavy atom. The topological polar surface area (TPSA) is 91.0 Å². The molecule has 0 amide bonds. The van der Waals surface area contributed by atoms with Crippen LogP contribution in [0.25, 0.3) is 0 Å². The second-order valence-electron chi connectivity index (χ2n) is 7.57. The van der Waals surface area contributed by atoms with Gasteiger partial charge < -0.3 is 14.7 Å². The molecular formula is C20H28IN5O3S. The molecule has 1 aliphatic heterocycles. The first-order chi connectivity index (χ1) is 14.1. The summed E-state index contributed by atoms with van der Waals surface area (Å²) in [7, 11) is -1.62. The molecule has 2 aromatic rings. The fourth-order valence-electron chi connectivity index (χ4n) is 3.90. The number of guanidine groups is 1. The van der Waals surface area contributed by atoms with Crippen molar-refractivity contribution in [2.24, 2.45) is 10.9 Å². The van der Waals surface area contributed by atoms with E-state index in [2.05, 4.69) is 44.6 Å². The minimum Gasteiger partial charge on any atom is -0.364 e. The zero-order chi connectivity index (χ0) is 20.3. The maximum Gasteiger partial charge on any atom is 0.220 e. The van der Waals surface area contributed by atoms with Crippen LogP contribution < -0.4 is 5.32 Å². The zero-order valence-corrected chi connectivity index (χ0v) is 20.1. The number of rotatable bonds is 6. The molecule has 2 aliphatic rings. The molecule has 1 N–H and O–H groups in total. The molecule has 30 heavy (non-hydrogen) atoms. The van der Waals surface area contributed by atoms with Crippen LogP contribution in [0.2, 0.25) is 0 Å². The Morgan fingerprint density at radius 3 is 2.57 bits per heavy atom. The summed E-state index contributed by atoms with van der Waals surface area (Å²) in [5.41, 5.74) is 1.84. The molecule has 1 aliphatic carbocycles. The third-order valence-corrected chi connectivity index (χ3v) is 7.45. The van der Waals surface area contributed by atoms with Gasteiger partial charge in [-0.1, -0.05) is 35.5 Å². The molecule has 0 bridgehead atoms. The predicted octanol–water partition coefficient (Wildman–Crippen LogP) is 2.12. The lowest BCUT2D eigenvalue weighted by Gasteiger charge is -2.35. The molecule has 2 unspecified atom stereocenters. The molecule has 1 saturated heterocycles. The first-order valence-corrected chi connectivity index (χ1v) is 11.6. The van der Waals surface area contributed by atoms with Gasteiger partial charge in [-0.3, -0.25) is 4.99 Å². The van der Waals surface area contributed by atoms with Crippen LogP contribution in [-0.4, -0.2) is 68.5 Å². The van der Waals surface area contributed by atoms with Crippen LogP contribution in [0.1, 0.15) is 23.6 Å². The highest BCUT2D eigenvalue weighted by molar-refractivity contribution is 14.0. The number of hydrogen-bond donors (Lipinski definition) is 1. The van der Waals surface area contributed by atoms with Crippen molar-refractivity contribution in [1.82, 2.24) is 19.7 Å². The van der Waals surface area contributed by atoms with Crippen molar-refractivity contribution in [3.8, 4) is 0 Å². The molecular weight excluding hydrogens is 517 g/mol. The van der Waals surface area contributed by atoms with Gasteiger partial charge in [-0.05, 0) is 23.8 Å². The van der Waals surface area contributed by atoms with Gasteiger partial charge in [0.2, 0.25) is 10.0 Å². The number of aromatic nitrogens is 1. The quantitative estimate of drug-likeness (QED) is 0.340. The van der Waals surface area contributed by atoms with Gasteiger partial charge in [-0.25, -0.2) is 8.42 Å². The van der Waals surface area contributed by atoms with Gasteiger partial charge in [0.15, 0.2) is 5.96 Å². The number of sulfonamides is 1. The van der Waals surface area contributed by atoms with Crippen molar-refractivity contribution in [3.63, 3.8) is 0 Å². The summed E-state index contributed by atoms with van der Waals surface area (Å²) in [6, 6.07) is 12.2. The van der Waals surface area contributed by atoms with Gasteiger partial charge in [0.1, 0.15) is 12.0 Å². The molecule has 8 nitrogen and oxygen atoms in total. The highest BCUT2D eigenvalue weighted by Crippen LogP contribution is 2.46. The summed E-state index contributed by atoms with van der Waals surface area (Å²) in [4.78, 5) is 6.53. The summed E-state index contributed by atoms with van der Waals surface area (Å²) in [6.45, 7) is 3.00. The van der Waals surface area contributed by atoms with Gasteiger partial charge in [0.25, 0.3) is 0 Å². The molecule has 2 fully saturated rings. The van der Waals surface area contributed by atoms with Gasteiger partial charge >= 0.3 is 0 Å². The van der Waals surface area contributed by atoms with Crippen LogP contribution in [0.4, 0.5) is 0 Å². The molecule has 1 saturated carbocycles. The lowest BCUT2D eigenvalue weighted by Crippen LogP contribution is -2.54. The largest absolute Gasteiger partial charge is 0.364 e. The maximum atomic E-state index is 12.6. The Hall–Kier alpha value is -1.66. The fraction of sp³-hybridized carbons (Fsp3) is 0.500. The van der Waals surface area contributed by atoms with E-state index in [0.29, 0.717) is 43.7 Å². The van der Waals surface area contributed by atoms with Gasteiger partial charge in [0, 0.05) is 45.8 Å². The van der Waals surface area contributed by atoms with Crippen LogP contribution in [0.3, 0.4) is 0 Å². The second-order valence-corrected chi connectivity index (χ2v) is 9.54. The lowest BCUT2D eigenvalue weighted by atomic mass is 10.1. The van der Waals surface area contributed by atoms with Crippen LogP contribution in [0.15, 0.2) is 52.2 Å². The lowest BCUT2D eigenvalue weighted by molar-refractivity contribution is 0.259. The molecule has 1 aromatic heterocycles. The third kappa shape index (κ3) is 5.52. The molecule has 1 aromatic carbocycles. The Morgan fingerprint density at radius 1 is 1.20 bits per heavy atom. The van der Waals surface area contributed by atoms with E-state index in [-0.39, 0.29) is 29.7 Å². The minimum atomic E-state index is -3.39. The second kappa shape index (κ2) is 10.1. The molecule has 0 spiro atoms. The van der Waals surface area contributed by atoms with Crippen molar-refractivity contribution in [2.75, 3.05) is 39.8 Å². The molecule has 2 heterocycles. The van der Waals surface area contributed by atoms with Gasteiger partial charge in [-0.15, -0.1) is 24.0 Å². The Balaban J connectivity index is 0.00000256. The van der Waals surface area contributed by atoms with E-state index in [1.165, 1.54) is 22.6 Å². The fourth-order valence-corrected chi connectivity index (χ4v) is 5.33. The van der Waals surface area contributed by atoms with Crippen LogP contribution >= 0.6 is 24.0 Å². The monoisotopic (exact) mass is 545 g/mol. The Bertz CT molecular complexity index is 929. The first kappa shape index (κ1) is 23.0. The standard InChI is InChI=1S/C20H27N5O3S.HI/c1-21-20(22-14-17-13-19(17)16-5-3-2-4-6-16)24-8-10-25(11-9-24)29(26,27)15-18-7-12-28-23-18;/h2-7,12,17,19H,8-11,13-15H2,1H3,(H,21,22);1H. The molecule has 164 valence electrons. The molecule has 0 radical (unpaired) electrons. The molecule has 2 atom stereocenters. The smallest absolute Gasteiger partial charge is 0.220 e. The first-order valence-electron chi connectivity index (χ1n) is 9.94. The summed E-state index contributed by atoms with van der Waals surface area (Å²) in [6.07, 6.45) is 2.59.